The van der Waals surface area contributed by atoms with Gasteiger partial charge in [0.2, 0.25) is 0 Å². The zero-order valence-electron chi connectivity index (χ0n) is 15.9. The van der Waals surface area contributed by atoms with Gasteiger partial charge in [0.1, 0.15) is 5.70 Å². The molecule has 1 heterocycles. The van der Waals surface area contributed by atoms with Crippen molar-refractivity contribution in [2.75, 3.05) is 32.2 Å². The zero-order chi connectivity index (χ0) is 19.4. The normalized spacial score (nSPS) is 14.3. The molecule has 1 aliphatic heterocycles. The number of aryl methyl sites for hydroxylation is 1. The van der Waals surface area contributed by atoms with Gasteiger partial charge < -0.3 is 9.64 Å². The molecule has 27 heavy (non-hydrogen) atoms. The summed E-state index contributed by atoms with van der Waals surface area (Å²) in [6.45, 7) is 2.83. The maximum Gasteiger partial charge on any atom is 0.278 e. The van der Waals surface area contributed by atoms with Gasteiger partial charge in [-0.25, -0.2) is 0 Å². The lowest BCUT2D eigenvalue weighted by Gasteiger charge is -2.21. The van der Waals surface area contributed by atoms with Gasteiger partial charge in [-0.2, -0.15) is 0 Å². The lowest BCUT2D eigenvalue weighted by atomic mass is 10.0. The van der Waals surface area contributed by atoms with Gasteiger partial charge in [-0.3, -0.25) is 14.5 Å². The largest absolute Gasteiger partial charge is 0.385 e. The van der Waals surface area contributed by atoms with Crippen molar-refractivity contribution >= 4 is 23.1 Å². The van der Waals surface area contributed by atoms with Crippen LogP contribution in [0.4, 0.5) is 5.69 Å². The Morgan fingerprint density at radius 2 is 1.63 bits per heavy atom. The second-order valence-electron chi connectivity index (χ2n) is 6.59. The van der Waals surface area contributed by atoms with Crippen molar-refractivity contribution in [3.63, 3.8) is 0 Å². The van der Waals surface area contributed by atoms with Crippen LogP contribution >= 0.6 is 0 Å². The Hall–Kier alpha value is -2.92. The van der Waals surface area contributed by atoms with Crippen LogP contribution in [0.1, 0.15) is 17.5 Å². The third kappa shape index (κ3) is 3.78. The van der Waals surface area contributed by atoms with E-state index in [9.17, 15) is 9.59 Å². The monoisotopic (exact) mass is 364 g/mol. The second-order valence-corrected chi connectivity index (χ2v) is 6.59. The average Bonchev–Trinajstić information content (AvgIpc) is 2.93. The van der Waals surface area contributed by atoms with Crippen molar-refractivity contribution in [2.24, 2.45) is 0 Å². The third-order valence-electron chi connectivity index (χ3n) is 4.69. The Labute approximate surface area is 159 Å². The number of hydrogen-bond acceptors (Lipinski definition) is 4. The number of likely N-dealkylation sites (N-methyl/N-ethyl adjacent to an activating group) is 1. The summed E-state index contributed by atoms with van der Waals surface area (Å²) in [7, 11) is 3.43. The molecule has 2 amide bonds. The van der Waals surface area contributed by atoms with E-state index in [0.717, 1.165) is 16.8 Å². The smallest absolute Gasteiger partial charge is 0.278 e. The highest BCUT2D eigenvalue weighted by atomic mass is 16.5. The van der Waals surface area contributed by atoms with Crippen molar-refractivity contribution < 1.29 is 14.3 Å². The molecular weight excluding hydrogens is 340 g/mol. The molecule has 0 aromatic heterocycles. The first-order valence-corrected chi connectivity index (χ1v) is 9.00. The van der Waals surface area contributed by atoms with Crippen LogP contribution in [0.5, 0.6) is 0 Å². The number of para-hydroxylation sites is 1. The Morgan fingerprint density at radius 3 is 2.26 bits per heavy atom. The highest BCUT2D eigenvalue weighted by molar-refractivity contribution is 6.36. The lowest BCUT2D eigenvalue weighted by Crippen LogP contribution is -2.35. The topological polar surface area (TPSA) is 49.9 Å². The van der Waals surface area contributed by atoms with Crippen LogP contribution in [0.15, 0.2) is 60.3 Å². The number of amides is 2. The first-order valence-electron chi connectivity index (χ1n) is 9.00. The highest BCUT2D eigenvalue weighted by Crippen LogP contribution is 2.33. The van der Waals surface area contributed by atoms with Crippen molar-refractivity contribution in [3.8, 4) is 0 Å². The molecule has 1 aliphatic rings. The summed E-state index contributed by atoms with van der Waals surface area (Å²) in [6, 6.07) is 17.3. The number of anilines is 1. The fourth-order valence-corrected chi connectivity index (χ4v) is 3.21. The van der Waals surface area contributed by atoms with Crippen LogP contribution in [-0.4, -0.2) is 44.0 Å². The number of methoxy groups -OCH3 is 1. The standard InChI is InChI=1S/C22H24N2O3/c1-16-10-12-17(13-11-16)19-20(23(2)18-8-5-4-6-9-18)22(26)24(21(19)25)14-7-15-27-3/h4-6,8-13H,7,14-15H2,1-3H3. The molecule has 2 aromatic carbocycles. The van der Waals surface area contributed by atoms with Crippen LogP contribution in [0.2, 0.25) is 0 Å². The molecule has 140 valence electrons. The average molecular weight is 364 g/mol. The molecule has 0 fully saturated rings. The number of ether oxygens (including phenoxy) is 1. The van der Waals surface area contributed by atoms with Crippen molar-refractivity contribution in [1.29, 1.82) is 0 Å². The van der Waals surface area contributed by atoms with Crippen molar-refractivity contribution in [3.05, 3.63) is 71.4 Å². The van der Waals surface area contributed by atoms with Crippen LogP contribution in [0, 0.1) is 6.92 Å². The molecule has 0 radical (unpaired) electrons. The molecular formula is C22H24N2O3. The number of carbonyl (C=O) groups excluding carboxylic acids is 2. The third-order valence-corrected chi connectivity index (χ3v) is 4.69. The molecule has 0 spiro atoms. The number of hydrogen-bond donors (Lipinski definition) is 0. The fourth-order valence-electron chi connectivity index (χ4n) is 3.21. The molecule has 0 atom stereocenters. The van der Waals surface area contributed by atoms with E-state index < -0.39 is 0 Å². The summed E-state index contributed by atoms with van der Waals surface area (Å²) in [5.74, 6) is -0.518. The quantitative estimate of drug-likeness (QED) is 0.559. The van der Waals surface area contributed by atoms with E-state index in [4.69, 9.17) is 4.74 Å². The minimum atomic E-state index is -0.266. The maximum atomic E-state index is 13.1. The molecule has 0 bridgehead atoms. The molecule has 0 saturated heterocycles. The molecule has 0 unspecified atom stereocenters. The van der Waals surface area contributed by atoms with Gasteiger partial charge in [-0.15, -0.1) is 0 Å². The number of imide groups is 1. The number of carbonyl (C=O) groups is 2. The summed E-state index contributed by atoms with van der Waals surface area (Å²) < 4.78 is 5.07. The minimum Gasteiger partial charge on any atom is -0.385 e. The molecule has 5 nitrogen and oxygen atoms in total. The van der Waals surface area contributed by atoms with Gasteiger partial charge in [0.05, 0.1) is 5.57 Å². The van der Waals surface area contributed by atoms with Crippen molar-refractivity contribution in [2.45, 2.75) is 13.3 Å². The minimum absolute atomic E-state index is 0.252. The fraction of sp³-hybridized carbons (Fsp3) is 0.273. The highest BCUT2D eigenvalue weighted by Gasteiger charge is 2.40. The predicted molar refractivity (Wildman–Crippen MR) is 106 cm³/mol. The summed E-state index contributed by atoms with van der Waals surface area (Å²) in [4.78, 5) is 29.4. The van der Waals surface area contributed by atoms with E-state index in [1.165, 1.54) is 4.90 Å². The Bertz CT molecular complexity index is 857. The summed E-state index contributed by atoms with van der Waals surface area (Å²) in [5, 5.41) is 0. The first-order chi connectivity index (χ1) is 13.0. The van der Waals surface area contributed by atoms with Gasteiger partial charge >= 0.3 is 0 Å². The van der Waals surface area contributed by atoms with Crippen LogP contribution in [0.25, 0.3) is 5.57 Å². The summed E-state index contributed by atoms with van der Waals surface area (Å²) in [5.41, 5.74) is 3.57. The van der Waals surface area contributed by atoms with Gasteiger partial charge in [0.15, 0.2) is 0 Å². The molecule has 5 heteroatoms. The van der Waals surface area contributed by atoms with E-state index in [1.807, 2.05) is 68.6 Å². The van der Waals surface area contributed by atoms with E-state index in [1.54, 1.807) is 12.0 Å². The van der Waals surface area contributed by atoms with E-state index in [-0.39, 0.29) is 11.8 Å². The van der Waals surface area contributed by atoms with Gasteiger partial charge in [-0.1, -0.05) is 48.0 Å². The van der Waals surface area contributed by atoms with E-state index in [2.05, 4.69) is 0 Å². The van der Waals surface area contributed by atoms with Crippen molar-refractivity contribution in [1.82, 2.24) is 4.90 Å². The SMILES string of the molecule is COCCCN1C(=O)C(c2ccc(C)cc2)=C(N(C)c2ccccc2)C1=O. The van der Waals surface area contributed by atoms with E-state index >= 15 is 0 Å². The van der Waals surface area contributed by atoms with Crippen LogP contribution in [-0.2, 0) is 14.3 Å². The summed E-state index contributed by atoms with van der Waals surface area (Å²) in [6.07, 6.45) is 0.609. The molecule has 3 rings (SSSR count). The van der Waals surface area contributed by atoms with Gasteiger partial charge in [-0.05, 0) is 31.0 Å². The van der Waals surface area contributed by atoms with Crippen LogP contribution in [0.3, 0.4) is 0 Å². The number of benzene rings is 2. The maximum absolute atomic E-state index is 13.1. The zero-order valence-corrected chi connectivity index (χ0v) is 15.9. The Morgan fingerprint density at radius 1 is 0.963 bits per heavy atom. The summed E-state index contributed by atoms with van der Waals surface area (Å²) >= 11 is 0. The second kappa shape index (κ2) is 8.18. The van der Waals surface area contributed by atoms with E-state index in [0.29, 0.717) is 30.8 Å². The molecule has 0 N–H and O–H groups in total. The molecule has 0 saturated carbocycles. The lowest BCUT2D eigenvalue weighted by molar-refractivity contribution is -0.137. The predicted octanol–water partition coefficient (Wildman–Crippen LogP) is 3.25. The Balaban J connectivity index is 2.04. The number of nitrogens with zero attached hydrogens (tertiary/aromatic N) is 2. The number of rotatable bonds is 7. The first kappa shape index (κ1) is 18.9. The van der Waals surface area contributed by atoms with Gasteiger partial charge in [0.25, 0.3) is 11.8 Å². The molecule has 0 aliphatic carbocycles. The molecule has 2 aromatic rings. The Kier molecular flexibility index (Phi) is 5.72. The van der Waals surface area contributed by atoms with Crippen LogP contribution < -0.4 is 4.90 Å². The van der Waals surface area contributed by atoms with Gasteiger partial charge in [0, 0.05) is 33.0 Å².